The second-order valence-electron chi connectivity index (χ2n) is 6.06. The number of nitroso groups, excluding NO2 is 1. The van der Waals surface area contributed by atoms with Crippen LogP contribution in [0.25, 0.3) is 11.1 Å². The van der Waals surface area contributed by atoms with Crippen LogP contribution in [0.3, 0.4) is 0 Å². The minimum Gasteiger partial charge on any atom is -0.323 e. The normalized spacial score (nSPS) is 19.0. The summed E-state index contributed by atoms with van der Waals surface area (Å²) in [6.07, 6.45) is 4.13. The lowest BCUT2D eigenvalue weighted by Crippen LogP contribution is -2.11. The summed E-state index contributed by atoms with van der Waals surface area (Å²) in [6.45, 7) is 0. The highest BCUT2D eigenvalue weighted by molar-refractivity contribution is 6.30. The van der Waals surface area contributed by atoms with Crippen LogP contribution < -0.4 is 5.32 Å². The number of carbonyl (C=O) groups excluding carboxylic acids is 1. The third-order valence-electron chi connectivity index (χ3n) is 4.74. The molecule has 2 aliphatic rings. The molecule has 0 fully saturated rings. The van der Waals surface area contributed by atoms with Gasteiger partial charge < -0.3 is 5.32 Å². The molecule has 2 aromatic carbocycles. The summed E-state index contributed by atoms with van der Waals surface area (Å²) in [5, 5.41) is 6.57. The van der Waals surface area contributed by atoms with E-state index in [4.69, 9.17) is 11.6 Å². The summed E-state index contributed by atoms with van der Waals surface area (Å²) in [5.74, 6) is -0.323. The average molecular weight is 327 g/mol. The van der Waals surface area contributed by atoms with Gasteiger partial charge in [0.2, 0.25) is 0 Å². The molecule has 1 N–H and O–H groups in total. The first-order valence-electron chi connectivity index (χ1n) is 7.77. The van der Waals surface area contributed by atoms with Crippen LogP contribution in [0.2, 0.25) is 5.02 Å². The number of carbonyl (C=O) groups is 1. The predicted octanol–water partition coefficient (Wildman–Crippen LogP) is 4.65. The molecule has 4 nitrogen and oxygen atoms in total. The fraction of sp³-hybridized carbons (Fsp3) is 0.278. The molecular formula is C18H15ClN2O2. The van der Waals surface area contributed by atoms with Gasteiger partial charge in [-0.3, -0.25) is 4.79 Å². The van der Waals surface area contributed by atoms with Gasteiger partial charge >= 0.3 is 0 Å². The lowest BCUT2D eigenvalue weighted by Gasteiger charge is -2.23. The van der Waals surface area contributed by atoms with E-state index in [1.54, 1.807) is 0 Å². The number of amides is 1. The van der Waals surface area contributed by atoms with Crippen LogP contribution in [0.15, 0.2) is 35.5 Å². The largest absolute Gasteiger partial charge is 0.323 e. The monoisotopic (exact) mass is 326 g/mol. The van der Waals surface area contributed by atoms with Gasteiger partial charge in [0.1, 0.15) is 0 Å². The summed E-state index contributed by atoms with van der Waals surface area (Å²) in [4.78, 5) is 23.1. The van der Waals surface area contributed by atoms with Gasteiger partial charge in [-0.05, 0) is 66.1 Å². The molecule has 0 saturated heterocycles. The predicted molar refractivity (Wildman–Crippen MR) is 90.7 cm³/mol. The molecule has 1 heterocycles. The molecule has 5 heteroatoms. The summed E-state index contributed by atoms with van der Waals surface area (Å²) in [5.41, 5.74) is 6.09. The standard InChI is InChI=1S/C18H15ClN2O2/c19-11-7-5-10(6-8-11)14-9-15-16(20-18(22)17(15)21-23)13-4-2-1-3-12(13)14/h5-9,17H,1-4H2,(H,20,22). The van der Waals surface area contributed by atoms with Gasteiger partial charge in [-0.15, -0.1) is 4.91 Å². The Bertz CT molecular complexity index is 815. The van der Waals surface area contributed by atoms with E-state index in [1.807, 2.05) is 30.3 Å². The van der Waals surface area contributed by atoms with Gasteiger partial charge in [0.15, 0.2) is 6.04 Å². The first-order valence-corrected chi connectivity index (χ1v) is 8.15. The smallest absolute Gasteiger partial charge is 0.257 e. The third kappa shape index (κ3) is 2.25. The van der Waals surface area contributed by atoms with Gasteiger partial charge in [0, 0.05) is 10.6 Å². The fourth-order valence-electron chi connectivity index (χ4n) is 3.66. The molecule has 0 aromatic heterocycles. The third-order valence-corrected chi connectivity index (χ3v) is 4.99. The number of hydrogen-bond donors (Lipinski definition) is 1. The molecule has 0 spiro atoms. The van der Waals surface area contributed by atoms with E-state index in [0.29, 0.717) is 10.6 Å². The number of nitrogens with one attached hydrogen (secondary N) is 1. The molecule has 1 aliphatic heterocycles. The number of benzene rings is 2. The van der Waals surface area contributed by atoms with Crippen molar-refractivity contribution in [3.05, 3.63) is 57.0 Å². The molecule has 1 atom stereocenters. The van der Waals surface area contributed by atoms with Gasteiger partial charge in [0.25, 0.3) is 5.91 Å². The van der Waals surface area contributed by atoms with Crippen LogP contribution in [-0.4, -0.2) is 5.91 Å². The second kappa shape index (κ2) is 5.46. The minimum absolute atomic E-state index is 0.323. The first-order chi connectivity index (χ1) is 11.2. The molecule has 0 radical (unpaired) electrons. The summed E-state index contributed by atoms with van der Waals surface area (Å²) in [6, 6.07) is 8.69. The van der Waals surface area contributed by atoms with Crippen LogP contribution in [0, 0.1) is 4.91 Å². The minimum atomic E-state index is -0.941. The first kappa shape index (κ1) is 14.4. The maximum absolute atomic E-state index is 12.0. The summed E-state index contributed by atoms with van der Waals surface area (Å²) < 4.78 is 0. The lowest BCUT2D eigenvalue weighted by molar-refractivity contribution is -0.116. The van der Waals surface area contributed by atoms with E-state index in [9.17, 15) is 9.70 Å². The fourth-order valence-corrected chi connectivity index (χ4v) is 3.78. The van der Waals surface area contributed by atoms with E-state index >= 15 is 0 Å². The van der Waals surface area contributed by atoms with Crippen molar-refractivity contribution >= 4 is 23.2 Å². The van der Waals surface area contributed by atoms with E-state index < -0.39 is 6.04 Å². The molecule has 1 aliphatic carbocycles. The van der Waals surface area contributed by atoms with Gasteiger partial charge in [0.05, 0.1) is 5.69 Å². The zero-order valence-corrected chi connectivity index (χ0v) is 13.2. The highest BCUT2D eigenvalue weighted by Gasteiger charge is 2.35. The van der Waals surface area contributed by atoms with Crippen molar-refractivity contribution in [2.75, 3.05) is 5.32 Å². The number of halogens is 1. The Morgan fingerprint density at radius 1 is 1.09 bits per heavy atom. The Morgan fingerprint density at radius 2 is 1.78 bits per heavy atom. The van der Waals surface area contributed by atoms with Crippen molar-refractivity contribution < 1.29 is 4.79 Å². The highest BCUT2D eigenvalue weighted by atomic mass is 35.5. The summed E-state index contributed by atoms with van der Waals surface area (Å²) >= 11 is 5.99. The van der Waals surface area contributed by atoms with E-state index in [-0.39, 0.29) is 5.91 Å². The quantitative estimate of drug-likeness (QED) is 0.817. The number of anilines is 1. The topological polar surface area (TPSA) is 58.5 Å². The van der Waals surface area contributed by atoms with Crippen molar-refractivity contribution in [2.24, 2.45) is 5.18 Å². The molecule has 4 rings (SSSR count). The van der Waals surface area contributed by atoms with Crippen LogP contribution in [0.1, 0.15) is 35.6 Å². The van der Waals surface area contributed by atoms with E-state index in [2.05, 4.69) is 10.5 Å². The van der Waals surface area contributed by atoms with Crippen molar-refractivity contribution in [1.29, 1.82) is 0 Å². The molecule has 0 bridgehead atoms. The summed E-state index contributed by atoms with van der Waals surface area (Å²) in [7, 11) is 0. The van der Waals surface area contributed by atoms with E-state index in [0.717, 1.165) is 42.5 Å². The zero-order valence-electron chi connectivity index (χ0n) is 12.4. The van der Waals surface area contributed by atoms with Crippen molar-refractivity contribution in [3.63, 3.8) is 0 Å². The SMILES string of the molecule is O=NC1C(=O)Nc2c1cc(-c1ccc(Cl)cc1)c1c2CCCC1. The Balaban J connectivity index is 1.96. The zero-order chi connectivity index (χ0) is 16.0. The van der Waals surface area contributed by atoms with E-state index in [1.165, 1.54) is 11.1 Å². The number of fused-ring (bicyclic) bond motifs is 3. The molecule has 2 aromatic rings. The number of rotatable bonds is 2. The average Bonchev–Trinajstić information content (AvgIpc) is 2.90. The van der Waals surface area contributed by atoms with Gasteiger partial charge in [-0.2, -0.15) is 0 Å². The Morgan fingerprint density at radius 3 is 2.48 bits per heavy atom. The van der Waals surface area contributed by atoms with Gasteiger partial charge in [-0.1, -0.05) is 28.9 Å². The van der Waals surface area contributed by atoms with Crippen molar-refractivity contribution in [3.8, 4) is 11.1 Å². The Hall–Kier alpha value is -2.20. The molecule has 23 heavy (non-hydrogen) atoms. The van der Waals surface area contributed by atoms with Gasteiger partial charge in [-0.25, -0.2) is 0 Å². The van der Waals surface area contributed by atoms with Crippen LogP contribution >= 0.6 is 11.6 Å². The van der Waals surface area contributed by atoms with Crippen molar-refractivity contribution in [1.82, 2.24) is 0 Å². The van der Waals surface area contributed by atoms with Crippen LogP contribution in [-0.2, 0) is 17.6 Å². The molecule has 0 saturated carbocycles. The maximum atomic E-state index is 12.0. The highest BCUT2D eigenvalue weighted by Crippen LogP contribution is 2.44. The number of hydrogen-bond acceptors (Lipinski definition) is 3. The molecule has 1 unspecified atom stereocenters. The van der Waals surface area contributed by atoms with Crippen LogP contribution in [0.4, 0.5) is 5.69 Å². The van der Waals surface area contributed by atoms with Crippen molar-refractivity contribution in [2.45, 2.75) is 31.7 Å². The lowest BCUT2D eigenvalue weighted by atomic mass is 9.83. The van der Waals surface area contributed by atoms with Crippen LogP contribution in [0.5, 0.6) is 0 Å². The Kier molecular flexibility index (Phi) is 3.42. The molecule has 116 valence electrons. The Labute approximate surface area is 138 Å². The molecule has 1 amide bonds. The second-order valence-corrected chi connectivity index (χ2v) is 6.49. The number of nitrogens with zero attached hydrogens (tertiary/aromatic N) is 1. The maximum Gasteiger partial charge on any atom is 0.257 e. The molecular weight excluding hydrogens is 312 g/mol.